The van der Waals surface area contributed by atoms with Crippen LogP contribution in [0.15, 0.2) is 0 Å². The minimum absolute atomic E-state index is 0.771. The number of nitrogens with zero attached hydrogens (tertiary/aromatic N) is 1. The summed E-state index contributed by atoms with van der Waals surface area (Å²) in [7, 11) is 4.18. The van der Waals surface area contributed by atoms with Gasteiger partial charge in [0.25, 0.3) is 0 Å². The lowest BCUT2D eigenvalue weighted by Crippen LogP contribution is -2.18. The van der Waals surface area contributed by atoms with E-state index in [1.807, 2.05) is 0 Å². The van der Waals surface area contributed by atoms with Crippen LogP contribution in [0.3, 0.4) is 0 Å². The van der Waals surface area contributed by atoms with Crippen molar-refractivity contribution < 1.29 is 0 Å². The number of hydrogen-bond acceptors (Lipinski definition) is 1. The molecule has 2 heteroatoms. The normalized spacial score (nSPS) is 15.0. The molecule has 0 fully saturated rings. The minimum Gasteiger partial charge on any atom is -0.308 e. The van der Waals surface area contributed by atoms with Crippen LogP contribution in [0.4, 0.5) is 0 Å². The molecule has 0 bridgehead atoms. The predicted molar refractivity (Wildman–Crippen MR) is 42.0 cm³/mol. The molecule has 0 rings (SSSR count). The van der Waals surface area contributed by atoms with Gasteiger partial charge in [-0.05, 0) is 14.1 Å². The topological polar surface area (TPSA) is 3.24 Å². The van der Waals surface area contributed by atoms with Gasteiger partial charge in [0.2, 0.25) is 0 Å². The summed E-state index contributed by atoms with van der Waals surface area (Å²) in [6.07, 6.45) is 0. The summed E-state index contributed by atoms with van der Waals surface area (Å²) in [6.45, 7) is 3.39. The molecule has 0 aliphatic heterocycles. The second-order valence-electron chi connectivity index (χ2n) is 2.04. The third-order valence-electron chi connectivity index (χ3n) is 0.617. The first-order chi connectivity index (χ1) is 3.13. The Morgan fingerprint density at radius 3 is 2.00 bits per heavy atom. The smallest absolute Gasteiger partial charge is 0.0208 e. The highest BCUT2D eigenvalue weighted by Gasteiger charge is 1.94. The van der Waals surface area contributed by atoms with Crippen molar-refractivity contribution >= 4 is 22.6 Å². The molecule has 0 saturated carbocycles. The van der Waals surface area contributed by atoms with E-state index in [0.29, 0.717) is 0 Å². The van der Waals surface area contributed by atoms with Gasteiger partial charge in [-0.3, -0.25) is 0 Å². The van der Waals surface area contributed by atoms with Gasteiger partial charge in [0.1, 0.15) is 0 Å². The Labute approximate surface area is 59.2 Å². The summed E-state index contributed by atoms with van der Waals surface area (Å²) >= 11 is 2.42. The molecule has 0 aliphatic carbocycles. The van der Waals surface area contributed by atoms with Crippen molar-refractivity contribution in [1.82, 2.24) is 4.90 Å². The minimum atomic E-state index is 0.771. The quantitative estimate of drug-likeness (QED) is 0.494. The predicted octanol–water partition coefficient (Wildman–Crippen LogP) is 1.37. The second kappa shape index (κ2) is 3.66. The van der Waals surface area contributed by atoms with E-state index < -0.39 is 0 Å². The molecule has 0 aliphatic rings. The second-order valence-corrected chi connectivity index (χ2v) is 4.17. The monoisotopic (exact) mass is 213 g/mol. The van der Waals surface area contributed by atoms with Gasteiger partial charge >= 0.3 is 0 Å². The molecule has 0 N–H and O–H groups in total. The van der Waals surface area contributed by atoms with Crippen molar-refractivity contribution in [2.75, 3.05) is 20.6 Å². The number of rotatable bonds is 2. The van der Waals surface area contributed by atoms with Crippen molar-refractivity contribution in [3.05, 3.63) is 0 Å². The van der Waals surface area contributed by atoms with Crippen LogP contribution < -0.4 is 0 Å². The molecule has 0 aromatic rings. The van der Waals surface area contributed by atoms with Gasteiger partial charge in [-0.25, -0.2) is 0 Å². The largest absolute Gasteiger partial charge is 0.308 e. The zero-order chi connectivity index (χ0) is 5.86. The van der Waals surface area contributed by atoms with Crippen LogP contribution in [0.1, 0.15) is 6.92 Å². The maximum Gasteiger partial charge on any atom is 0.0208 e. The molecule has 0 amide bonds. The lowest BCUT2D eigenvalue weighted by Gasteiger charge is -2.09. The summed E-state index contributed by atoms with van der Waals surface area (Å²) in [5, 5.41) is 0. The molecule has 0 saturated heterocycles. The Hall–Kier alpha value is 0.690. The Kier molecular flexibility index (Phi) is 4.02. The summed E-state index contributed by atoms with van der Waals surface area (Å²) < 4.78 is 0.771. The lowest BCUT2D eigenvalue weighted by atomic mass is 10.5. The molecular formula is C5H12IN. The Bertz CT molecular complexity index is 37.3. The van der Waals surface area contributed by atoms with E-state index in [2.05, 4.69) is 48.5 Å². The van der Waals surface area contributed by atoms with E-state index in [9.17, 15) is 0 Å². The third-order valence-corrected chi connectivity index (χ3v) is 1.01. The zero-order valence-electron chi connectivity index (χ0n) is 5.11. The van der Waals surface area contributed by atoms with Crippen LogP contribution in [0.25, 0.3) is 0 Å². The summed E-state index contributed by atoms with van der Waals surface area (Å²) in [6, 6.07) is 0. The number of hydrogen-bond donors (Lipinski definition) is 0. The van der Waals surface area contributed by atoms with Gasteiger partial charge in [-0.2, -0.15) is 0 Å². The summed E-state index contributed by atoms with van der Waals surface area (Å²) in [5.41, 5.74) is 0. The molecule has 1 nitrogen and oxygen atoms in total. The maximum atomic E-state index is 2.42. The molecule has 44 valence electrons. The molecule has 0 aromatic heterocycles. The average Bonchev–Trinajstić information content (AvgIpc) is 1.27. The van der Waals surface area contributed by atoms with Crippen LogP contribution >= 0.6 is 22.6 Å². The van der Waals surface area contributed by atoms with Gasteiger partial charge in [0.15, 0.2) is 0 Å². The van der Waals surface area contributed by atoms with Crippen LogP contribution in [0.5, 0.6) is 0 Å². The highest BCUT2D eigenvalue weighted by Crippen LogP contribution is 1.97. The standard InChI is InChI=1S/C5H12IN/c1-5(6)4-7(2)3/h5H,4H2,1-3H3. The van der Waals surface area contributed by atoms with Gasteiger partial charge in [0, 0.05) is 10.5 Å². The molecule has 0 heterocycles. The van der Waals surface area contributed by atoms with Crippen molar-refractivity contribution in [2.45, 2.75) is 10.8 Å². The summed E-state index contributed by atoms with van der Waals surface area (Å²) in [5.74, 6) is 0. The van der Waals surface area contributed by atoms with E-state index in [4.69, 9.17) is 0 Å². The van der Waals surface area contributed by atoms with Crippen LogP contribution in [-0.4, -0.2) is 29.5 Å². The number of alkyl halides is 1. The first-order valence-corrected chi connectivity index (χ1v) is 3.66. The molecule has 7 heavy (non-hydrogen) atoms. The van der Waals surface area contributed by atoms with Crippen LogP contribution in [0, 0.1) is 0 Å². The van der Waals surface area contributed by atoms with Gasteiger partial charge in [-0.15, -0.1) is 0 Å². The molecule has 0 aromatic carbocycles. The first kappa shape index (κ1) is 7.69. The Morgan fingerprint density at radius 2 is 2.00 bits per heavy atom. The fourth-order valence-corrected chi connectivity index (χ4v) is 1.29. The van der Waals surface area contributed by atoms with Crippen molar-refractivity contribution in [3.8, 4) is 0 Å². The fourth-order valence-electron chi connectivity index (χ4n) is 0.503. The van der Waals surface area contributed by atoms with Crippen molar-refractivity contribution in [3.63, 3.8) is 0 Å². The zero-order valence-corrected chi connectivity index (χ0v) is 7.27. The maximum absolute atomic E-state index is 2.42. The summed E-state index contributed by atoms with van der Waals surface area (Å²) in [4.78, 5) is 2.19. The van der Waals surface area contributed by atoms with Crippen LogP contribution in [-0.2, 0) is 0 Å². The van der Waals surface area contributed by atoms with Gasteiger partial charge in [-0.1, -0.05) is 29.5 Å². The Balaban J connectivity index is 2.95. The highest BCUT2D eigenvalue weighted by atomic mass is 127. The fraction of sp³-hybridized carbons (Fsp3) is 1.00. The molecular weight excluding hydrogens is 201 g/mol. The average molecular weight is 213 g/mol. The lowest BCUT2D eigenvalue weighted by molar-refractivity contribution is 0.418. The van der Waals surface area contributed by atoms with Crippen molar-refractivity contribution in [1.29, 1.82) is 0 Å². The molecule has 1 unspecified atom stereocenters. The van der Waals surface area contributed by atoms with E-state index in [0.717, 1.165) is 3.92 Å². The molecule has 0 spiro atoms. The van der Waals surface area contributed by atoms with Crippen molar-refractivity contribution in [2.24, 2.45) is 0 Å². The van der Waals surface area contributed by atoms with Gasteiger partial charge < -0.3 is 4.90 Å². The first-order valence-electron chi connectivity index (χ1n) is 2.41. The molecule has 0 radical (unpaired) electrons. The highest BCUT2D eigenvalue weighted by molar-refractivity contribution is 14.1. The van der Waals surface area contributed by atoms with E-state index in [1.54, 1.807) is 0 Å². The SMILES string of the molecule is CC(I)CN(C)C. The third kappa shape index (κ3) is 6.69. The van der Waals surface area contributed by atoms with E-state index in [1.165, 1.54) is 6.54 Å². The van der Waals surface area contributed by atoms with E-state index >= 15 is 0 Å². The number of halogens is 1. The van der Waals surface area contributed by atoms with E-state index in [-0.39, 0.29) is 0 Å². The van der Waals surface area contributed by atoms with Gasteiger partial charge in [0.05, 0.1) is 0 Å². The molecule has 1 atom stereocenters. The Morgan fingerprint density at radius 1 is 1.57 bits per heavy atom. The van der Waals surface area contributed by atoms with Crippen LogP contribution in [0.2, 0.25) is 0 Å².